The number of aromatic nitrogens is 2. The molecule has 0 bridgehead atoms. The van der Waals surface area contributed by atoms with Crippen molar-refractivity contribution in [3.63, 3.8) is 0 Å². The van der Waals surface area contributed by atoms with Crippen molar-refractivity contribution in [2.45, 2.75) is 4.90 Å². The zero-order chi connectivity index (χ0) is 19.3. The van der Waals surface area contributed by atoms with Gasteiger partial charge in [-0.3, -0.25) is 0 Å². The van der Waals surface area contributed by atoms with Gasteiger partial charge in [-0.15, -0.1) is 21.5 Å². The number of benzene rings is 1. The van der Waals surface area contributed by atoms with Crippen molar-refractivity contribution in [2.75, 3.05) is 20.3 Å². The molecule has 0 saturated carbocycles. The minimum atomic E-state index is -3.86. The lowest BCUT2D eigenvalue weighted by Crippen LogP contribution is -2.28. The SMILES string of the molecule is COc1ccc(S(=O)(=O)NCCOc2ccc(-c3cccs3)nn2)cc1F. The van der Waals surface area contributed by atoms with Crippen molar-refractivity contribution in [3.05, 3.63) is 53.7 Å². The van der Waals surface area contributed by atoms with Crippen molar-refractivity contribution < 1.29 is 22.3 Å². The number of nitrogens with one attached hydrogen (secondary N) is 1. The van der Waals surface area contributed by atoms with Crippen LogP contribution in [0.2, 0.25) is 0 Å². The van der Waals surface area contributed by atoms with Crippen LogP contribution < -0.4 is 14.2 Å². The summed E-state index contributed by atoms with van der Waals surface area (Å²) in [6.07, 6.45) is 0. The number of thiophene rings is 1. The molecule has 0 saturated heterocycles. The van der Waals surface area contributed by atoms with Gasteiger partial charge in [0.15, 0.2) is 11.6 Å². The summed E-state index contributed by atoms with van der Waals surface area (Å²) in [4.78, 5) is 0.800. The molecule has 142 valence electrons. The number of sulfonamides is 1. The average molecular weight is 409 g/mol. The van der Waals surface area contributed by atoms with E-state index in [9.17, 15) is 12.8 Å². The van der Waals surface area contributed by atoms with Gasteiger partial charge >= 0.3 is 0 Å². The molecule has 7 nitrogen and oxygen atoms in total. The minimum Gasteiger partial charge on any atom is -0.494 e. The van der Waals surface area contributed by atoms with E-state index in [2.05, 4.69) is 14.9 Å². The molecule has 1 aromatic carbocycles. The highest BCUT2D eigenvalue weighted by Crippen LogP contribution is 2.23. The smallest absolute Gasteiger partial charge is 0.240 e. The molecular formula is C17H16FN3O4S2. The van der Waals surface area contributed by atoms with Crippen LogP contribution in [0.15, 0.2) is 52.7 Å². The van der Waals surface area contributed by atoms with Crippen molar-refractivity contribution in [2.24, 2.45) is 0 Å². The van der Waals surface area contributed by atoms with E-state index in [1.807, 2.05) is 17.5 Å². The Kier molecular flexibility index (Phi) is 5.99. The summed E-state index contributed by atoms with van der Waals surface area (Å²) in [6, 6.07) is 10.7. The Morgan fingerprint density at radius 1 is 1.19 bits per heavy atom. The highest BCUT2D eigenvalue weighted by Gasteiger charge is 2.16. The van der Waals surface area contributed by atoms with Crippen LogP contribution in [-0.4, -0.2) is 38.9 Å². The number of nitrogens with zero attached hydrogens (tertiary/aromatic N) is 2. The first-order valence-corrected chi connectivity index (χ1v) is 10.2. The highest BCUT2D eigenvalue weighted by molar-refractivity contribution is 7.89. The summed E-state index contributed by atoms with van der Waals surface area (Å²) in [7, 11) is -2.56. The molecular weight excluding hydrogens is 393 g/mol. The molecule has 0 aliphatic rings. The Hall–Kier alpha value is -2.56. The third-order valence-electron chi connectivity index (χ3n) is 3.49. The van der Waals surface area contributed by atoms with Gasteiger partial charge in [-0.05, 0) is 35.7 Å². The standard InChI is InChI=1S/C17H16FN3O4S2/c1-24-15-6-4-12(11-13(15)18)27(22,23)19-8-9-25-17-7-5-14(20-21-17)16-3-2-10-26-16/h2-7,10-11,19H,8-9H2,1H3. The predicted octanol–water partition coefficient (Wildman–Crippen LogP) is 2.71. The fraction of sp³-hybridized carbons (Fsp3) is 0.176. The molecule has 0 spiro atoms. The van der Waals surface area contributed by atoms with E-state index in [0.29, 0.717) is 0 Å². The van der Waals surface area contributed by atoms with Crippen LogP contribution in [0, 0.1) is 5.82 Å². The molecule has 0 atom stereocenters. The van der Waals surface area contributed by atoms with Crippen molar-refractivity contribution in [3.8, 4) is 22.2 Å². The van der Waals surface area contributed by atoms with E-state index in [1.165, 1.54) is 19.2 Å². The van der Waals surface area contributed by atoms with Gasteiger partial charge < -0.3 is 9.47 Å². The van der Waals surface area contributed by atoms with Crippen LogP contribution in [0.5, 0.6) is 11.6 Å². The van der Waals surface area contributed by atoms with Gasteiger partial charge in [-0.25, -0.2) is 17.5 Å². The summed E-state index contributed by atoms with van der Waals surface area (Å²) < 4.78 is 50.5. The number of halogens is 1. The molecule has 3 rings (SSSR count). The molecule has 2 aromatic heterocycles. The molecule has 2 heterocycles. The Balaban J connectivity index is 1.52. The normalized spacial score (nSPS) is 11.3. The monoisotopic (exact) mass is 409 g/mol. The van der Waals surface area contributed by atoms with Gasteiger partial charge in [0.05, 0.1) is 16.9 Å². The molecule has 0 aliphatic carbocycles. The number of hydrogen-bond acceptors (Lipinski definition) is 7. The lowest BCUT2D eigenvalue weighted by Gasteiger charge is -2.09. The molecule has 27 heavy (non-hydrogen) atoms. The lowest BCUT2D eigenvalue weighted by atomic mass is 10.3. The minimum absolute atomic E-state index is 0.00959. The fourth-order valence-corrected chi connectivity index (χ4v) is 3.90. The van der Waals surface area contributed by atoms with Gasteiger partial charge in [-0.2, -0.15) is 0 Å². The maximum Gasteiger partial charge on any atom is 0.240 e. The first-order chi connectivity index (χ1) is 13.0. The van der Waals surface area contributed by atoms with Crippen LogP contribution in [0.3, 0.4) is 0 Å². The van der Waals surface area contributed by atoms with Gasteiger partial charge in [0.25, 0.3) is 0 Å². The molecule has 0 fully saturated rings. The molecule has 1 N–H and O–H groups in total. The summed E-state index contributed by atoms with van der Waals surface area (Å²) in [5, 5.41) is 9.96. The second-order valence-corrected chi connectivity index (χ2v) is 7.99. The topological polar surface area (TPSA) is 90.4 Å². The molecule has 10 heteroatoms. The van der Waals surface area contributed by atoms with Crippen LogP contribution in [0.4, 0.5) is 4.39 Å². The first kappa shape index (κ1) is 19.2. The third kappa shape index (κ3) is 4.79. The molecule has 3 aromatic rings. The zero-order valence-electron chi connectivity index (χ0n) is 14.3. The van der Waals surface area contributed by atoms with E-state index >= 15 is 0 Å². The van der Waals surface area contributed by atoms with Gasteiger partial charge in [0.2, 0.25) is 15.9 Å². The summed E-state index contributed by atoms with van der Waals surface area (Å²) in [5.74, 6) is -0.496. The first-order valence-electron chi connectivity index (χ1n) is 7.83. The van der Waals surface area contributed by atoms with Crippen LogP contribution in [0.25, 0.3) is 10.6 Å². The second-order valence-electron chi connectivity index (χ2n) is 5.28. The van der Waals surface area contributed by atoms with E-state index in [0.717, 1.165) is 16.6 Å². The largest absolute Gasteiger partial charge is 0.494 e. The summed E-state index contributed by atoms with van der Waals surface area (Å²) in [5.41, 5.74) is 0.736. The molecule has 0 aliphatic heterocycles. The Morgan fingerprint density at radius 3 is 2.67 bits per heavy atom. The fourth-order valence-electron chi connectivity index (χ4n) is 2.18. The number of rotatable bonds is 8. The van der Waals surface area contributed by atoms with E-state index in [1.54, 1.807) is 23.5 Å². The molecule has 0 amide bonds. The van der Waals surface area contributed by atoms with Crippen LogP contribution in [-0.2, 0) is 10.0 Å². The van der Waals surface area contributed by atoms with Crippen molar-refractivity contribution in [1.82, 2.24) is 14.9 Å². The molecule has 0 unspecified atom stereocenters. The Labute approximate surface area is 159 Å². The highest BCUT2D eigenvalue weighted by atomic mass is 32.2. The average Bonchev–Trinajstić information content (AvgIpc) is 3.20. The second kappa shape index (κ2) is 8.42. The lowest BCUT2D eigenvalue weighted by molar-refractivity contribution is 0.307. The number of methoxy groups -OCH3 is 1. The number of ether oxygens (including phenoxy) is 2. The van der Waals surface area contributed by atoms with E-state index in [-0.39, 0.29) is 29.7 Å². The maximum absolute atomic E-state index is 13.7. The van der Waals surface area contributed by atoms with Crippen LogP contribution in [0.1, 0.15) is 0 Å². The zero-order valence-corrected chi connectivity index (χ0v) is 15.9. The van der Waals surface area contributed by atoms with Crippen LogP contribution >= 0.6 is 11.3 Å². The van der Waals surface area contributed by atoms with Gasteiger partial charge in [0.1, 0.15) is 12.3 Å². The van der Waals surface area contributed by atoms with Crippen molar-refractivity contribution in [1.29, 1.82) is 0 Å². The molecule has 0 radical (unpaired) electrons. The van der Waals surface area contributed by atoms with Gasteiger partial charge in [-0.1, -0.05) is 6.07 Å². The summed E-state index contributed by atoms with van der Waals surface area (Å²) in [6.45, 7) is 0.0369. The predicted molar refractivity (Wildman–Crippen MR) is 99.0 cm³/mol. The van der Waals surface area contributed by atoms with E-state index in [4.69, 9.17) is 9.47 Å². The third-order valence-corrected chi connectivity index (χ3v) is 5.84. The van der Waals surface area contributed by atoms with Crippen molar-refractivity contribution >= 4 is 21.4 Å². The summed E-state index contributed by atoms with van der Waals surface area (Å²) >= 11 is 1.55. The van der Waals surface area contributed by atoms with E-state index < -0.39 is 15.8 Å². The quantitative estimate of drug-likeness (QED) is 0.576. The Morgan fingerprint density at radius 2 is 2.04 bits per heavy atom. The van der Waals surface area contributed by atoms with Gasteiger partial charge in [0, 0.05) is 12.6 Å². The Bertz CT molecular complexity index is 994. The number of hydrogen-bond donors (Lipinski definition) is 1. The maximum atomic E-state index is 13.7.